The number of nitrogens with zero attached hydrogens (tertiary/aromatic N) is 14. The van der Waals surface area contributed by atoms with Gasteiger partial charge in [0.15, 0.2) is 0 Å². The van der Waals surface area contributed by atoms with Crippen LogP contribution in [0.3, 0.4) is 0 Å². The van der Waals surface area contributed by atoms with Gasteiger partial charge in [0.05, 0.1) is 59.7 Å². The number of rotatable bonds is 19. The number of benzene rings is 4. The predicted octanol–water partition coefficient (Wildman–Crippen LogP) is 12.4. The molecule has 12 rings (SSSR count). The van der Waals surface area contributed by atoms with Crippen LogP contribution in [0, 0.1) is 36.0 Å². The number of terminal acetylenes is 1. The summed E-state index contributed by atoms with van der Waals surface area (Å²) in [6, 6.07) is 27.6. The van der Waals surface area contributed by atoms with Gasteiger partial charge in [-0.25, -0.2) is 49.5 Å². The van der Waals surface area contributed by atoms with Crippen molar-refractivity contribution in [2.75, 3.05) is 0 Å². The van der Waals surface area contributed by atoms with Crippen molar-refractivity contribution in [2.45, 2.75) is 197 Å². The first-order chi connectivity index (χ1) is 64.4. The average molecular weight is 2180 g/mol. The van der Waals surface area contributed by atoms with E-state index in [1.165, 1.54) is 220 Å². The number of aromatic amines is 2. The van der Waals surface area contributed by atoms with E-state index < -0.39 is 122 Å². The zero-order valence-electron chi connectivity index (χ0n) is 79.5. The molecule has 142 heavy (non-hydrogen) atoms. The number of aryl methyl sites for hydroxylation is 2. The van der Waals surface area contributed by atoms with Gasteiger partial charge < -0.3 is 33.8 Å². The normalized spacial score (nSPS) is 11.5. The predicted molar refractivity (Wildman–Crippen MR) is 515 cm³/mol. The number of ether oxygens (including phenoxy) is 2. The summed E-state index contributed by atoms with van der Waals surface area (Å²) in [4.78, 5) is 101. The summed E-state index contributed by atoms with van der Waals surface area (Å²) < 4.78 is 171. The number of hydrogen-bond acceptors (Lipinski definition) is 20. The topological polar surface area (TPSA) is 421 Å². The number of H-pyrrole nitrogens is 2. The molecule has 0 aliphatic heterocycles. The third kappa shape index (κ3) is 46.7. The molecule has 4 amide bonds. The summed E-state index contributed by atoms with van der Waals surface area (Å²) >= 11 is 13.0. The number of carbonyl (C=O) groups excluding carboxylic acids is 6. The van der Waals surface area contributed by atoms with E-state index in [4.69, 9.17) is 50.4 Å². The van der Waals surface area contributed by atoms with Crippen molar-refractivity contribution >= 4 is 237 Å². The van der Waals surface area contributed by atoms with Crippen LogP contribution >= 0.6 is 11.6 Å². The third-order valence-corrected chi connectivity index (χ3v) is 18.8. The van der Waals surface area contributed by atoms with Crippen molar-refractivity contribution < 1.29 is 144 Å². The van der Waals surface area contributed by atoms with Crippen molar-refractivity contribution in [3.8, 4) is 36.0 Å². The van der Waals surface area contributed by atoms with Crippen LogP contribution < -0.4 is 74.3 Å². The molecule has 0 aliphatic carbocycles. The van der Waals surface area contributed by atoms with Gasteiger partial charge in [-0.2, -0.15) is 82.4 Å². The Kier molecular flexibility index (Phi) is 65.3. The Morgan fingerprint density at radius 1 is 0.415 bits per heavy atom. The Hall–Kier alpha value is -3.56. The van der Waals surface area contributed by atoms with Crippen molar-refractivity contribution in [3.63, 3.8) is 0 Å². The van der Waals surface area contributed by atoms with Gasteiger partial charge in [-0.15, -0.1) is 6.42 Å². The molecule has 0 radical (unpaired) electrons. The van der Waals surface area contributed by atoms with Gasteiger partial charge in [-0.1, -0.05) is 138 Å². The second-order valence-corrected chi connectivity index (χ2v) is 31.2. The van der Waals surface area contributed by atoms with E-state index in [-0.39, 0.29) is 155 Å². The van der Waals surface area contributed by atoms with E-state index in [2.05, 4.69) is 100 Å². The molecular weight excluding hydrogens is 2070 g/mol. The molecule has 4 unspecified atom stereocenters. The molecule has 48 heteroatoms. The SMILES string of the molecule is C.C.C.C.C#Cc1ccccc1C(C)C(N)=O.CC(C(N)=O)c1ccccc1C#Cc1nc(Cc2cn[nH]c2)ncc1C(F)(F)F.CC(C(N)=O)c1ccccc1C#Cc1nc(Cc2cnn(C(=O)OC(C)(C)C)c2)ncc1C(F)(F)F.CC(C(N)=O)c1ccccc1CCc1nc(Cc2cn[nH]c2)ncc1C(F)(F)F.CC(C)(C)OC(=O)n1cc(Cc2ncc(C(F)(F)F)c(Cl)n2)cn1.[H-].[K+].[K][K].[K][K].[K][K]. The monoisotopic (exact) mass is 2170 g/mol. The van der Waals surface area contributed by atoms with Gasteiger partial charge in [-0.05, 0) is 162 Å². The average Bonchev–Trinajstić information content (AvgIpc) is 1.68. The van der Waals surface area contributed by atoms with Crippen LogP contribution in [0.1, 0.15) is 253 Å². The molecule has 10 N–H and O–H groups in total. The Morgan fingerprint density at radius 2 is 0.718 bits per heavy atom. The first kappa shape index (κ1) is 138. The number of hydrogen-bond donors (Lipinski definition) is 6. The summed E-state index contributed by atoms with van der Waals surface area (Å²) in [6.07, 6.45) is 1.01. The molecule has 724 valence electrons. The molecular formula is C94H102ClF12K7N20O8. The summed E-state index contributed by atoms with van der Waals surface area (Å²) in [5, 5.41) is 20.0. The summed E-state index contributed by atoms with van der Waals surface area (Å²) in [6.45, 7) is 16.9. The maximum atomic E-state index is 13.6. The summed E-state index contributed by atoms with van der Waals surface area (Å²) in [5.74, 6) is 9.31. The molecule has 0 spiro atoms. The standard InChI is InChI=1S/C25H24F3N5O3.C20H20F3N5O.C20H16F3N5O.C14H14ClF3N4O2.C11H11NO.4CH4.7K.H/c1-15(22(29)34)18-8-6-5-7-17(18)9-10-20-19(25(26,27)28)13-30-21(32-20)11-16-12-31-33(14-16)23(35)36-24(2,3)4;2*1-12(19(24)29)15-5-3-2-4-14(15)6-7-17-16(20(21,22)23)11-25-18(28-17)8-13-9-26-27-10-13;1-13(2,3)24-12(23)22-7-8(5-20-22)4-10-19-6-9(11(15)21-10)14(16,17)18;1-3-9-6-4-5-7-10(9)8(2)11(12)13;;;;;;;;;;;;/h5-8,12-15H,11H2,1-4H3,(H2,29,34);2-5,9-12H,6-8H2,1H3,(H2,24,29)(H,26,27);2-5,9-12H,8H2,1H3,(H2,24,29)(H,26,27);5-7H,4H2,1-3H3;1,4-8H,2H3,(H2,12,13);4*1H4;;;;;;;;/q;;;;;;;;;;;;;;;+1;-1. The Balaban J connectivity index is 0. The Labute approximate surface area is 1000 Å². The fourth-order valence-corrected chi connectivity index (χ4v) is 12.0. The molecule has 0 fully saturated rings. The number of primary amides is 4. The van der Waals surface area contributed by atoms with Gasteiger partial charge in [0, 0.05) is 91.9 Å². The van der Waals surface area contributed by atoms with Gasteiger partial charge >= 0.3 is 278 Å². The molecule has 0 saturated heterocycles. The fraction of sp³-hybridized carbons (Fsp3) is 0.319. The number of nitrogens with two attached hydrogens (primary N) is 4. The Morgan fingerprint density at radius 3 is 1.05 bits per heavy atom. The number of halogens is 13. The zero-order valence-corrected chi connectivity index (χ0v) is 101. The first-order valence-electron chi connectivity index (χ1n) is 42.3. The molecule has 0 bridgehead atoms. The van der Waals surface area contributed by atoms with Crippen LogP contribution in [0.25, 0.3) is 0 Å². The van der Waals surface area contributed by atoms with Crippen molar-refractivity contribution in [1.82, 2.24) is 79.8 Å². The van der Waals surface area contributed by atoms with Crippen LogP contribution in [-0.2, 0) is 91.9 Å². The van der Waals surface area contributed by atoms with E-state index in [9.17, 15) is 81.5 Å². The number of alkyl halides is 12. The Bertz CT molecular complexity index is 6260. The van der Waals surface area contributed by atoms with E-state index >= 15 is 0 Å². The first-order valence-corrected chi connectivity index (χ1v) is 90.6. The van der Waals surface area contributed by atoms with Crippen LogP contribution in [0.2, 0.25) is 5.15 Å². The second-order valence-electron chi connectivity index (χ2n) is 30.8. The minimum absolute atomic E-state index is 0. The molecule has 4 aromatic carbocycles. The molecule has 8 aromatic heterocycles. The molecule has 4 atom stereocenters. The summed E-state index contributed by atoms with van der Waals surface area (Å²) in [5.41, 5.74) is 22.1. The summed E-state index contributed by atoms with van der Waals surface area (Å²) in [7, 11) is 0. The van der Waals surface area contributed by atoms with Crippen LogP contribution in [0.5, 0.6) is 0 Å². The van der Waals surface area contributed by atoms with E-state index in [0.29, 0.717) is 57.8 Å². The number of nitrogens with one attached hydrogen (secondary N) is 2. The number of aromatic nitrogens is 16. The van der Waals surface area contributed by atoms with Gasteiger partial charge in [0.25, 0.3) is 0 Å². The van der Waals surface area contributed by atoms with Gasteiger partial charge in [-0.3, -0.25) is 29.4 Å². The molecule has 28 nitrogen and oxygen atoms in total. The zero-order chi connectivity index (χ0) is 103. The van der Waals surface area contributed by atoms with Gasteiger partial charge in [0.1, 0.15) is 67.7 Å². The van der Waals surface area contributed by atoms with E-state index in [1.54, 1.807) is 167 Å². The number of carbonyl (C=O) groups is 6. The molecule has 8 heterocycles. The van der Waals surface area contributed by atoms with Gasteiger partial charge in [0.2, 0.25) is 23.6 Å². The molecule has 12 aromatic rings. The van der Waals surface area contributed by atoms with Crippen molar-refractivity contribution in [2.24, 2.45) is 22.9 Å². The number of amides is 4. The molecule has 0 saturated carbocycles. The van der Waals surface area contributed by atoms with Crippen LogP contribution in [0.4, 0.5) is 62.3 Å². The van der Waals surface area contributed by atoms with Crippen LogP contribution in [-0.4, -0.2) is 316 Å². The fourth-order valence-electron chi connectivity index (χ4n) is 11.7. The maximum absolute atomic E-state index is 13.6. The van der Waals surface area contributed by atoms with Crippen molar-refractivity contribution in [3.05, 3.63) is 306 Å². The van der Waals surface area contributed by atoms with Crippen LogP contribution in [0.15, 0.2) is 171 Å². The second kappa shape index (κ2) is 67.0. The van der Waals surface area contributed by atoms with E-state index in [1.807, 2.05) is 18.2 Å². The third-order valence-electron chi connectivity index (χ3n) is 18.5. The van der Waals surface area contributed by atoms with E-state index in [0.717, 1.165) is 49.6 Å². The molecule has 0 aliphatic rings. The van der Waals surface area contributed by atoms with Crippen molar-refractivity contribution in [1.29, 1.82) is 0 Å². The minimum atomic E-state index is -4.73. The quantitative estimate of drug-likeness (QED) is 0.0189.